The van der Waals surface area contributed by atoms with Crippen LogP contribution in [0.15, 0.2) is 60.7 Å². The van der Waals surface area contributed by atoms with Crippen LogP contribution in [0.5, 0.6) is 0 Å². The highest BCUT2D eigenvalue weighted by Crippen LogP contribution is 2.30. The zero-order valence-electron chi connectivity index (χ0n) is 17.8. The molecule has 0 radical (unpaired) electrons. The van der Waals surface area contributed by atoms with Gasteiger partial charge in [0.2, 0.25) is 0 Å². The van der Waals surface area contributed by atoms with E-state index in [0.717, 1.165) is 11.1 Å². The lowest BCUT2D eigenvalue weighted by atomic mass is 9.97. The minimum Gasteiger partial charge on any atom is -0.451 e. The van der Waals surface area contributed by atoms with Crippen molar-refractivity contribution >= 4 is 11.9 Å². The molecule has 3 rings (SSSR count). The summed E-state index contributed by atoms with van der Waals surface area (Å²) in [5.74, 6) is -0.922. The van der Waals surface area contributed by atoms with Gasteiger partial charge in [-0.25, -0.2) is 4.79 Å². The first-order chi connectivity index (χ1) is 14.9. The average Bonchev–Trinajstić information content (AvgIpc) is 2.78. The minimum atomic E-state index is -1.26. The Labute approximate surface area is 182 Å². The second kappa shape index (κ2) is 10.5. The standard InChI is InChI=1S/C24H29NO6/c1-16(19-11-7-4-8-12-19)25-20(24(29)31-17(2)23(25)28)13-21(26)22(27)15-30-14-18-9-5-3-6-10-18/h3-12,16-17,20-22,26-27H,13-15H2,1-2H3/t16-,17-,20+,21-,22+/m0/s1. The van der Waals surface area contributed by atoms with Gasteiger partial charge in [-0.15, -0.1) is 0 Å². The van der Waals surface area contributed by atoms with Crippen LogP contribution >= 0.6 is 0 Å². The van der Waals surface area contributed by atoms with E-state index in [1.54, 1.807) is 0 Å². The molecule has 0 saturated carbocycles. The van der Waals surface area contributed by atoms with E-state index in [4.69, 9.17) is 9.47 Å². The van der Waals surface area contributed by atoms with E-state index in [2.05, 4.69) is 0 Å². The third-order valence-electron chi connectivity index (χ3n) is 5.51. The van der Waals surface area contributed by atoms with Crippen LogP contribution in [-0.4, -0.2) is 58.0 Å². The summed E-state index contributed by atoms with van der Waals surface area (Å²) < 4.78 is 10.7. The minimum absolute atomic E-state index is 0.101. The monoisotopic (exact) mass is 427 g/mol. The van der Waals surface area contributed by atoms with Crippen LogP contribution in [0.1, 0.15) is 37.4 Å². The molecule has 0 spiro atoms. The summed E-state index contributed by atoms with van der Waals surface area (Å²) in [6, 6.07) is 17.4. The molecular formula is C24H29NO6. The van der Waals surface area contributed by atoms with Crippen molar-refractivity contribution < 1.29 is 29.3 Å². The lowest BCUT2D eigenvalue weighted by Gasteiger charge is -2.41. The number of rotatable bonds is 9. The number of morpholine rings is 1. The molecule has 1 aliphatic heterocycles. The number of carbonyl (C=O) groups excluding carboxylic acids is 2. The van der Waals surface area contributed by atoms with Crippen LogP contribution < -0.4 is 0 Å². The van der Waals surface area contributed by atoms with Crippen molar-refractivity contribution in [2.75, 3.05) is 6.61 Å². The smallest absolute Gasteiger partial charge is 0.329 e. The van der Waals surface area contributed by atoms with Crippen molar-refractivity contribution in [1.29, 1.82) is 0 Å². The van der Waals surface area contributed by atoms with Crippen molar-refractivity contribution in [1.82, 2.24) is 4.90 Å². The van der Waals surface area contributed by atoms with Crippen molar-refractivity contribution in [2.24, 2.45) is 0 Å². The predicted octanol–water partition coefficient (Wildman–Crippen LogP) is 2.22. The zero-order valence-corrected chi connectivity index (χ0v) is 17.8. The first kappa shape index (κ1) is 22.9. The molecular weight excluding hydrogens is 398 g/mol. The van der Waals surface area contributed by atoms with Gasteiger partial charge in [0.1, 0.15) is 12.1 Å². The topological polar surface area (TPSA) is 96.3 Å². The van der Waals surface area contributed by atoms with E-state index in [9.17, 15) is 19.8 Å². The summed E-state index contributed by atoms with van der Waals surface area (Å²) in [5.41, 5.74) is 1.81. The number of hydrogen-bond acceptors (Lipinski definition) is 6. The van der Waals surface area contributed by atoms with Crippen LogP contribution in [0.3, 0.4) is 0 Å². The van der Waals surface area contributed by atoms with E-state index in [0.29, 0.717) is 6.61 Å². The highest BCUT2D eigenvalue weighted by Gasteiger charge is 2.44. The van der Waals surface area contributed by atoms with Crippen molar-refractivity contribution in [2.45, 2.75) is 57.3 Å². The third kappa shape index (κ3) is 5.70. The Balaban J connectivity index is 1.66. The lowest BCUT2D eigenvalue weighted by molar-refractivity contribution is -0.182. The predicted molar refractivity (Wildman–Crippen MR) is 114 cm³/mol. The van der Waals surface area contributed by atoms with E-state index in [1.165, 1.54) is 11.8 Å². The summed E-state index contributed by atoms with van der Waals surface area (Å²) in [4.78, 5) is 26.9. The lowest BCUT2D eigenvalue weighted by Crippen LogP contribution is -2.58. The summed E-state index contributed by atoms with van der Waals surface area (Å²) in [6.45, 7) is 3.56. The summed E-state index contributed by atoms with van der Waals surface area (Å²) >= 11 is 0. The number of aliphatic hydroxyl groups excluding tert-OH is 2. The second-order valence-electron chi connectivity index (χ2n) is 7.80. The highest BCUT2D eigenvalue weighted by atomic mass is 16.6. The highest BCUT2D eigenvalue weighted by molar-refractivity contribution is 5.92. The van der Waals surface area contributed by atoms with Crippen LogP contribution in [0.4, 0.5) is 0 Å². The van der Waals surface area contributed by atoms with Gasteiger partial charge >= 0.3 is 5.97 Å². The van der Waals surface area contributed by atoms with Gasteiger partial charge in [0.25, 0.3) is 5.91 Å². The number of carbonyl (C=O) groups is 2. The SMILES string of the molecule is C[C@@H]1OC(=O)[C@@H](C[C@H](O)[C@H](O)COCc2ccccc2)N([C@@H](C)c2ccccc2)C1=O. The number of esters is 1. The molecule has 7 heteroatoms. The number of nitrogens with zero attached hydrogens (tertiary/aromatic N) is 1. The molecule has 1 aliphatic rings. The fourth-order valence-electron chi connectivity index (χ4n) is 3.71. The molecule has 1 fully saturated rings. The maximum Gasteiger partial charge on any atom is 0.329 e. The van der Waals surface area contributed by atoms with E-state index < -0.39 is 36.4 Å². The Morgan fingerprint density at radius 3 is 2.26 bits per heavy atom. The number of amides is 1. The Morgan fingerprint density at radius 1 is 1.00 bits per heavy atom. The van der Waals surface area contributed by atoms with Crippen molar-refractivity contribution in [3.63, 3.8) is 0 Å². The van der Waals surface area contributed by atoms with Gasteiger partial charge in [-0.3, -0.25) is 4.79 Å². The fraction of sp³-hybridized carbons (Fsp3) is 0.417. The van der Waals surface area contributed by atoms with Crippen LogP contribution in [-0.2, 0) is 25.7 Å². The molecule has 5 atom stereocenters. The average molecular weight is 427 g/mol. The molecule has 31 heavy (non-hydrogen) atoms. The molecule has 2 aromatic carbocycles. The largest absolute Gasteiger partial charge is 0.451 e. The van der Waals surface area contributed by atoms with Crippen molar-refractivity contribution in [3.8, 4) is 0 Å². The number of aliphatic hydroxyl groups is 2. The molecule has 0 aromatic heterocycles. The fourth-order valence-corrected chi connectivity index (χ4v) is 3.71. The zero-order chi connectivity index (χ0) is 22.4. The Hall–Kier alpha value is -2.74. The van der Waals surface area contributed by atoms with Gasteiger partial charge in [0.15, 0.2) is 6.10 Å². The number of benzene rings is 2. The molecule has 2 N–H and O–H groups in total. The van der Waals surface area contributed by atoms with Gasteiger partial charge in [0, 0.05) is 6.42 Å². The summed E-state index contributed by atoms with van der Waals surface area (Å²) in [5, 5.41) is 20.9. The van der Waals surface area contributed by atoms with Crippen LogP contribution in [0.2, 0.25) is 0 Å². The van der Waals surface area contributed by atoms with Crippen molar-refractivity contribution in [3.05, 3.63) is 71.8 Å². The summed E-state index contributed by atoms with van der Waals surface area (Å²) in [6.07, 6.45) is -3.52. The van der Waals surface area contributed by atoms with E-state index in [-0.39, 0.29) is 18.9 Å². The molecule has 1 amide bonds. The Morgan fingerprint density at radius 2 is 1.61 bits per heavy atom. The number of cyclic esters (lactones) is 1. The molecule has 1 heterocycles. The van der Waals surface area contributed by atoms with E-state index in [1.807, 2.05) is 67.6 Å². The first-order valence-corrected chi connectivity index (χ1v) is 10.4. The maximum absolute atomic E-state index is 12.9. The molecule has 166 valence electrons. The Bertz CT molecular complexity index is 859. The number of hydrogen-bond donors (Lipinski definition) is 2. The third-order valence-corrected chi connectivity index (χ3v) is 5.51. The van der Waals surface area contributed by atoms with Crippen LogP contribution in [0.25, 0.3) is 0 Å². The number of ether oxygens (including phenoxy) is 2. The molecule has 7 nitrogen and oxygen atoms in total. The summed E-state index contributed by atoms with van der Waals surface area (Å²) in [7, 11) is 0. The second-order valence-corrected chi connectivity index (χ2v) is 7.80. The van der Waals surface area contributed by atoms with Gasteiger partial charge in [-0.2, -0.15) is 0 Å². The van der Waals surface area contributed by atoms with Gasteiger partial charge in [-0.05, 0) is 25.0 Å². The van der Waals surface area contributed by atoms with Gasteiger partial charge < -0.3 is 24.6 Å². The molecule has 0 unspecified atom stereocenters. The van der Waals surface area contributed by atoms with E-state index >= 15 is 0 Å². The quantitative estimate of drug-likeness (QED) is 0.596. The van der Waals surface area contributed by atoms with Crippen LogP contribution in [0, 0.1) is 0 Å². The molecule has 0 aliphatic carbocycles. The first-order valence-electron chi connectivity index (χ1n) is 10.4. The molecule has 0 bridgehead atoms. The van der Waals surface area contributed by atoms with Gasteiger partial charge in [-0.1, -0.05) is 60.7 Å². The molecule has 2 aromatic rings. The normalized spacial score (nSPS) is 22.0. The molecule has 1 saturated heterocycles. The maximum atomic E-state index is 12.9. The Kier molecular flexibility index (Phi) is 7.79. The van der Waals surface area contributed by atoms with Gasteiger partial charge in [0.05, 0.1) is 25.4 Å².